The fraction of sp³-hybridized carbons (Fsp3) is 0.333. The van der Waals surface area contributed by atoms with Crippen molar-refractivity contribution in [1.82, 2.24) is 0 Å². The minimum Gasteiger partial charge on any atom is -0.465 e. The highest BCUT2D eigenvalue weighted by Gasteiger charge is 2.37. The molecule has 2 aromatic rings. The van der Waals surface area contributed by atoms with Crippen LogP contribution in [0.25, 0.3) is 12.2 Å². The third kappa shape index (κ3) is 4.01. The second-order valence-electron chi connectivity index (χ2n) is 6.17. The molecule has 2 heterocycles. The van der Waals surface area contributed by atoms with Crippen LogP contribution in [0.3, 0.4) is 0 Å². The molecule has 1 fully saturated rings. The summed E-state index contributed by atoms with van der Waals surface area (Å²) in [6, 6.07) is 6.96. The summed E-state index contributed by atoms with van der Waals surface area (Å²) in [6.07, 6.45) is 4.55. The summed E-state index contributed by atoms with van der Waals surface area (Å²) < 4.78 is 21.1. The smallest absolute Gasteiger partial charge is 0.338 e. The van der Waals surface area contributed by atoms with Crippen molar-refractivity contribution < 1.29 is 28.5 Å². The average Bonchev–Trinajstić information content (AvgIpc) is 3.41. The van der Waals surface area contributed by atoms with Crippen LogP contribution in [0.4, 0.5) is 0 Å². The zero-order valence-electron chi connectivity index (χ0n) is 16.0. The normalized spacial score (nSPS) is 15.7. The topological polar surface area (TPSA) is 71.1 Å². The number of rotatable bonds is 6. The molecule has 1 aliphatic rings. The number of benzene rings is 1. The van der Waals surface area contributed by atoms with Gasteiger partial charge in [-0.25, -0.2) is 9.59 Å². The predicted molar refractivity (Wildman–Crippen MR) is 106 cm³/mol. The molecule has 1 aromatic carbocycles. The number of carbonyl (C=O) groups excluding carboxylic acids is 2. The number of hydrogen-bond acceptors (Lipinski definition) is 7. The lowest BCUT2D eigenvalue weighted by atomic mass is 10.0. The maximum atomic E-state index is 12.0. The Morgan fingerprint density at radius 1 is 1.04 bits per heavy atom. The summed E-state index contributed by atoms with van der Waals surface area (Å²) in [5.74, 6) is -1.81. The molecule has 7 heteroatoms. The van der Waals surface area contributed by atoms with E-state index in [1.807, 2.05) is 30.5 Å². The fourth-order valence-corrected chi connectivity index (χ4v) is 4.09. The first-order chi connectivity index (χ1) is 13.5. The van der Waals surface area contributed by atoms with Crippen LogP contribution in [-0.2, 0) is 24.7 Å². The summed E-state index contributed by atoms with van der Waals surface area (Å²) in [5.41, 5.74) is 2.10. The van der Waals surface area contributed by atoms with Crippen LogP contribution in [0.5, 0.6) is 0 Å². The van der Waals surface area contributed by atoms with E-state index >= 15 is 0 Å². The lowest BCUT2D eigenvalue weighted by Gasteiger charge is -2.24. The van der Waals surface area contributed by atoms with Crippen LogP contribution in [-0.4, -0.2) is 39.4 Å². The Balaban J connectivity index is 1.85. The highest BCUT2D eigenvalue weighted by Crippen LogP contribution is 2.38. The number of ether oxygens (including phenoxy) is 4. The van der Waals surface area contributed by atoms with E-state index in [1.54, 1.807) is 29.5 Å². The molecule has 148 valence electrons. The molecule has 0 amide bonds. The summed E-state index contributed by atoms with van der Waals surface area (Å²) in [7, 11) is 2.54. The van der Waals surface area contributed by atoms with E-state index < -0.39 is 17.7 Å². The summed E-state index contributed by atoms with van der Waals surface area (Å²) in [5, 5.41) is 2.03. The molecule has 0 saturated carbocycles. The number of methoxy groups -OCH3 is 2. The average molecular weight is 402 g/mol. The van der Waals surface area contributed by atoms with E-state index in [0.717, 1.165) is 22.4 Å². The van der Waals surface area contributed by atoms with E-state index in [4.69, 9.17) is 18.9 Å². The van der Waals surface area contributed by atoms with Gasteiger partial charge in [-0.2, -0.15) is 0 Å². The Kier molecular flexibility index (Phi) is 6.28. The molecule has 3 rings (SSSR count). The molecule has 0 atom stereocenters. The molecular formula is C21H22O6S. The summed E-state index contributed by atoms with van der Waals surface area (Å²) >= 11 is 1.59. The van der Waals surface area contributed by atoms with Gasteiger partial charge in [-0.15, -0.1) is 11.3 Å². The molecule has 1 aromatic heterocycles. The summed E-state index contributed by atoms with van der Waals surface area (Å²) in [4.78, 5) is 24.9. The lowest BCUT2D eigenvalue weighted by molar-refractivity contribution is -0.164. The molecule has 1 saturated heterocycles. The largest absolute Gasteiger partial charge is 0.465 e. The molecule has 6 nitrogen and oxygen atoms in total. The molecule has 0 radical (unpaired) electrons. The van der Waals surface area contributed by atoms with Crippen LogP contribution in [0.15, 0.2) is 29.6 Å². The van der Waals surface area contributed by atoms with Crippen LogP contribution in [0.2, 0.25) is 0 Å². The Bertz CT molecular complexity index is 892. The molecule has 28 heavy (non-hydrogen) atoms. The minimum atomic E-state index is -0.642. The Morgan fingerprint density at radius 2 is 1.68 bits per heavy atom. The van der Waals surface area contributed by atoms with Crippen molar-refractivity contribution in [1.29, 1.82) is 0 Å². The number of carbonyl (C=O) groups is 2. The zero-order valence-corrected chi connectivity index (χ0v) is 16.8. The highest BCUT2D eigenvalue weighted by atomic mass is 32.1. The summed E-state index contributed by atoms with van der Waals surface area (Å²) in [6.45, 7) is 3.23. The van der Waals surface area contributed by atoms with Crippen molar-refractivity contribution in [2.45, 2.75) is 19.1 Å². The second kappa shape index (κ2) is 8.68. The van der Waals surface area contributed by atoms with Gasteiger partial charge in [0.05, 0.1) is 43.4 Å². The molecule has 1 aliphatic heterocycles. The van der Waals surface area contributed by atoms with Crippen LogP contribution in [0, 0.1) is 0 Å². The maximum absolute atomic E-state index is 12.0. The van der Waals surface area contributed by atoms with E-state index in [2.05, 4.69) is 0 Å². The molecule has 0 unspecified atom stereocenters. The standard InChI is InChI=1S/C21H22O6S/c1-4-21(26-9-10-27-21)18-12-15(13-28-18)6-5-14-7-8-16(19(22)24-2)17(11-14)20(23)25-3/h5-8,11-13H,4,9-10H2,1-3H3. The predicted octanol–water partition coefficient (Wildman–Crippen LogP) is 4.10. The van der Waals surface area contributed by atoms with Gasteiger partial charge >= 0.3 is 11.9 Å². The highest BCUT2D eigenvalue weighted by molar-refractivity contribution is 7.10. The molecule has 0 bridgehead atoms. The Hall–Kier alpha value is -2.48. The van der Waals surface area contributed by atoms with Crippen molar-refractivity contribution in [3.63, 3.8) is 0 Å². The van der Waals surface area contributed by atoms with Crippen molar-refractivity contribution in [2.75, 3.05) is 27.4 Å². The van der Waals surface area contributed by atoms with Crippen molar-refractivity contribution in [3.8, 4) is 0 Å². The first-order valence-electron chi connectivity index (χ1n) is 8.88. The quantitative estimate of drug-likeness (QED) is 0.678. The van der Waals surface area contributed by atoms with Gasteiger partial charge in [0, 0.05) is 6.42 Å². The van der Waals surface area contributed by atoms with E-state index in [0.29, 0.717) is 13.2 Å². The van der Waals surface area contributed by atoms with Crippen LogP contribution in [0.1, 0.15) is 50.1 Å². The third-order valence-corrected chi connectivity index (χ3v) is 5.61. The third-order valence-electron chi connectivity index (χ3n) is 4.54. The van der Waals surface area contributed by atoms with Gasteiger partial charge in [0.15, 0.2) is 0 Å². The van der Waals surface area contributed by atoms with Gasteiger partial charge < -0.3 is 18.9 Å². The Labute approximate surface area is 167 Å². The van der Waals surface area contributed by atoms with E-state index in [9.17, 15) is 9.59 Å². The number of hydrogen-bond donors (Lipinski definition) is 0. The van der Waals surface area contributed by atoms with Gasteiger partial charge in [-0.1, -0.05) is 25.1 Å². The maximum Gasteiger partial charge on any atom is 0.338 e. The number of thiophene rings is 1. The zero-order chi connectivity index (χ0) is 20.1. The first-order valence-corrected chi connectivity index (χ1v) is 9.76. The molecular weight excluding hydrogens is 380 g/mol. The monoisotopic (exact) mass is 402 g/mol. The van der Waals surface area contributed by atoms with Crippen molar-refractivity contribution in [2.24, 2.45) is 0 Å². The first kappa shape index (κ1) is 20.3. The van der Waals surface area contributed by atoms with Crippen molar-refractivity contribution in [3.05, 3.63) is 56.8 Å². The molecule has 0 spiro atoms. The van der Waals surface area contributed by atoms with Gasteiger partial charge in [0.2, 0.25) is 5.79 Å². The Morgan fingerprint density at radius 3 is 2.32 bits per heavy atom. The van der Waals surface area contributed by atoms with Crippen molar-refractivity contribution >= 4 is 35.4 Å². The number of esters is 2. The van der Waals surface area contributed by atoms with Gasteiger partial charge in [0.1, 0.15) is 0 Å². The minimum absolute atomic E-state index is 0.167. The van der Waals surface area contributed by atoms with Crippen LogP contribution >= 0.6 is 11.3 Å². The lowest BCUT2D eigenvalue weighted by Crippen LogP contribution is -2.24. The molecule has 0 aliphatic carbocycles. The van der Waals surface area contributed by atoms with Gasteiger partial charge in [0.25, 0.3) is 0 Å². The molecule has 0 N–H and O–H groups in total. The van der Waals surface area contributed by atoms with Crippen LogP contribution < -0.4 is 0 Å². The van der Waals surface area contributed by atoms with E-state index in [1.165, 1.54) is 14.2 Å². The van der Waals surface area contributed by atoms with Gasteiger partial charge in [-0.05, 0) is 34.7 Å². The fourth-order valence-electron chi connectivity index (χ4n) is 3.04. The van der Waals surface area contributed by atoms with E-state index in [-0.39, 0.29) is 11.1 Å². The second-order valence-corrected chi connectivity index (χ2v) is 7.08. The van der Waals surface area contributed by atoms with Gasteiger partial charge in [-0.3, -0.25) is 0 Å². The SMILES string of the molecule is CCC1(c2cc(C=Cc3ccc(C(=O)OC)c(C(=O)OC)c3)cs2)OCCO1.